The number of carbonyl (C=O) groups excluding carboxylic acids is 1. The molecule has 172 valence electrons. The molecule has 33 heavy (non-hydrogen) atoms. The average molecular weight is 465 g/mol. The van der Waals surface area contributed by atoms with E-state index in [1.54, 1.807) is 0 Å². The molecule has 3 heterocycles. The predicted octanol–water partition coefficient (Wildman–Crippen LogP) is 1.72. The first kappa shape index (κ1) is 10.8. The van der Waals surface area contributed by atoms with Crippen LogP contribution in [-0.4, -0.2) is 73.6 Å². The zero-order valence-electron chi connectivity index (χ0n) is 30.2. The molecular weight excluding hydrogens is 426 g/mol. The molecule has 0 saturated carbocycles. The molecule has 3 aromatic rings. The van der Waals surface area contributed by atoms with Crippen LogP contribution in [0, 0.1) is 0 Å². The molecule has 2 aliphatic rings. The topological polar surface area (TPSA) is 112 Å². The van der Waals surface area contributed by atoms with Crippen LogP contribution in [0.2, 0.25) is 0 Å². The Hall–Kier alpha value is -3.95. The number of piperazine rings is 1. The van der Waals surface area contributed by atoms with Crippen LogP contribution in [-0.2, 0) is 4.79 Å². The molecule has 1 fully saturated rings. The monoisotopic (exact) mass is 464 g/mol. The zero-order chi connectivity index (χ0) is 34.6. The average Bonchev–Trinajstić information content (AvgIpc) is 2.93. The number of carbonyl (C=O) groups is 1. The first-order chi connectivity index (χ1) is 21.0. The van der Waals surface area contributed by atoms with Gasteiger partial charge in [0.1, 0.15) is 12.4 Å². The number of benzene rings is 2. The second-order valence-corrected chi connectivity index (χ2v) is 6.45. The van der Waals surface area contributed by atoms with Gasteiger partial charge >= 0.3 is 0 Å². The van der Waals surface area contributed by atoms with Crippen molar-refractivity contribution < 1.29 is 41.6 Å². The molecule has 10 heteroatoms. The minimum Gasteiger partial charge on any atom is -0.493 e. The van der Waals surface area contributed by atoms with Gasteiger partial charge in [0.25, 0.3) is 5.91 Å². The van der Waals surface area contributed by atoms with E-state index in [0.29, 0.717) is 0 Å². The highest BCUT2D eigenvalue weighted by Crippen LogP contribution is 2.34. The number of hydrogen-bond donors (Lipinski definition) is 1. The normalized spacial score (nSPS) is 33.3. The molecule has 1 saturated heterocycles. The molecule has 0 aliphatic carbocycles. The van der Waals surface area contributed by atoms with Gasteiger partial charge in [0.2, 0.25) is 12.0 Å². The molecule has 1 aromatic heterocycles. The number of nitrogen functional groups attached to an aromatic ring is 1. The molecule has 0 spiro atoms. The fourth-order valence-electron chi connectivity index (χ4n) is 2.90. The van der Waals surface area contributed by atoms with E-state index in [1.807, 2.05) is 0 Å². The van der Waals surface area contributed by atoms with E-state index < -0.39 is 78.8 Å². The van der Waals surface area contributed by atoms with Crippen molar-refractivity contribution in [2.75, 3.05) is 57.4 Å². The largest absolute Gasteiger partial charge is 0.493 e. The first-order valence-corrected chi connectivity index (χ1v) is 9.35. The van der Waals surface area contributed by atoms with Gasteiger partial charge in [-0.15, -0.1) is 0 Å². The maximum Gasteiger partial charge on any atom is 0.267 e. The van der Waals surface area contributed by atoms with Crippen molar-refractivity contribution in [3.63, 3.8) is 0 Å². The number of nitrogens with two attached hydrogens (primary N) is 1. The standard InChI is InChI=1S/C23H25N5O5/c1-30-18-11-14-15(12-19(18)31-2)25-23(26-21(14)24)28-9-7-27(8-10-28)22(29)20-13-32-16-5-3-4-6-17(16)33-20/h3-6,11-12,20H,7-10,13H2,1-2H3,(H2,24,25,26)/i7D2,8D2,9D2,10D2,11D,12D,13D2,20D. The Morgan fingerprint density at radius 3 is 2.58 bits per heavy atom. The number of nitrogens with zero attached hydrogens (tertiary/aromatic N) is 4. The van der Waals surface area contributed by atoms with Gasteiger partial charge in [-0.1, -0.05) is 12.1 Å². The lowest BCUT2D eigenvalue weighted by atomic mass is 10.2. The molecule has 2 N–H and O–H groups in total. The molecule has 1 unspecified atom stereocenters. The SMILES string of the molecule is [2H]c1c(OC)c(OC)c([2H])c2c(N)nc(N3C([2H])([2H])C([2H])([2H])N(C(=O)C4([2H])Oc5ccccc5OC4([2H])[2H])C([2H])([2H])C3([2H])[2H])nc12. The summed E-state index contributed by atoms with van der Waals surface area (Å²) in [6.45, 7) is -18.9. The van der Waals surface area contributed by atoms with Crippen LogP contribution in [0.15, 0.2) is 36.4 Å². The summed E-state index contributed by atoms with van der Waals surface area (Å²) in [7, 11) is 2.35. The second-order valence-electron chi connectivity index (χ2n) is 6.45. The lowest BCUT2D eigenvalue weighted by molar-refractivity contribution is -0.141. The van der Waals surface area contributed by atoms with Gasteiger partial charge in [-0.05, 0) is 18.2 Å². The predicted molar refractivity (Wildman–Crippen MR) is 122 cm³/mol. The maximum atomic E-state index is 13.9. The van der Waals surface area contributed by atoms with Gasteiger partial charge in [0.05, 0.1) is 37.6 Å². The quantitative estimate of drug-likeness (QED) is 0.617. The summed E-state index contributed by atoms with van der Waals surface area (Å²) in [5.74, 6) is -4.97. The van der Waals surface area contributed by atoms with Crippen LogP contribution < -0.4 is 29.6 Å². The van der Waals surface area contributed by atoms with Crippen molar-refractivity contribution in [2.24, 2.45) is 0 Å². The Labute approximate surface area is 209 Å². The first-order valence-electron chi connectivity index (χ1n) is 15.8. The lowest BCUT2D eigenvalue weighted by Crippen LogP contribution is -2.54. The minimum absolute atomic E-state index is 0.155. The number of rotatable bonds is 4. The number of fused-ring (bicyclic) bond motifs is 2. The molecule has 10 nitrogen and oxygen atoms in total. The second kappa shape index (κ2) is 8.53. The number of hydrogen-bond acceptors (Lipinski definition) is 9. The summed E-state index contributed by atoms with van der Waals surface area (Å²) in [5, 5.41) is -0.291. The zero-order valence-corrected chi connectivity index (χ0v) is 17.2. The molecule has 0 radical (unpaired) electrons. The van der Waals surface area contributed by atoms with Crippen LogP contribution in [0.4, 0.5) is 11.8 Å². The molecule has 2 aromatic carbocycles. The van der Waals surface area contributed by atoms with E-state index in [2.05, 4.69) is 9.97 Å². The van der Waals surface area contributed by atoms with Crippen molar-refractivity contribution in [1.29, 1.82) is 0 Å². The van der Waals surface area contributed by atoms with E-state index in [1.165, 1.54) is 31.4 Å². The highest BCUT2D eigenvalue weighted by atomic mass is 16.6. The van der Waals surface area contributed by atoms with E-state index in [0.717, 1.165) is 7.11 Å². The number of anilines is 2. The number of aromatic nitrogens is 2. The fraction of sp³-hybridized carbons (Fsp3) is 0.348. The van der Waals surface area contributed by atoms with Crippen molar-refractivity contribution in [2.45, 2.75) is 6.08 Å². The summed E-state index contributed by atoms with van der Waals surface area (Å²) in [4.78, 5) is 21.0. The third-order valence-corrected chi connectivity index (χ3v) is 4.47. The summed E-state index contributed by atoms with van der Waals surface area (Å²) in [6.07, 6.45) is -3.61. The van der Waals surface area contributed by atoms with Crippen molar-refractivity contribution in [3.8, 4) is 23.0 Å². The van der Waals surface area contributed by atoms with Gasteiger partial charge < -0.3 is 34.5 Å². The highest BCUT2D eigenvalue weighted by molar-refractivity contribution is 5.91. The smallest absolute Gasteiger partial charge is 0.267 e. The summed E-state index contributed by atoms with van der Waals surface area (Å²) in [5.41, 5.74) is 5.56. The van der Waals surface area contributed by atoms with Crippen LogP contribution in [0.5, 0.6) is 23.0 Å². The van der Waals surface area contributed by atoms with Crippen molar-refractivity contribution >= 4 is 28.6 Å². The van der Waals surface area contributed by atoms with Crippen molar-refractivity contribution in [3.05, 3.63) is 36.4 Å². The Morgan fingerprint density at radius 1 is 1.15 bits per heavy atom. The van der Waals surface area contributed by atoms with Gasteiger partial charge in [-0.25, -0.2) is 4.98 Å². The molecule has 1 amide bonds. The van der Waals surface area contributed by atoms with Crippen LogP contribution >= 0.6 is 0 Å². The Bertz CT molecular complexity index is 1750. The summed E-state index contributed by atoms with van der Waals surface area (Å²) in [6, 6.07) is 4.24. The molecule has 0 bridgehead atoms. The van der Waals surface area contributed by atoms with E-state index >= 15 is 0 Å². The number of para-hydroxylation sites is 2. The van der Waals surface area contributed by atoms with Gasteiger partial charge in [0, 0.05) is 37.4 Å². The summed E-state index contributed by atoms with van der Waals surface area (Å²) < 4.78 is 132. The van der Waals surface area contributed by atoms with Crippen molar-refractivity contribution in [1.82, 2.24) is 14.9 Å². The van der Waals surface area contributed by atoms with E-state index in [9.17, 15) is 4.79 Å². The number of amides is 1. The van der Waals surface area contributed by atoms with E-state index in [-0.39, 0.29) is 33.3 Å². The van der Waals surface area contributed by atoms with Crippen LogP contribution in [0.1, 0.15) is 17.8 Å². The van der Waals surface area contributed by atoms with Crippen LogP contribution in [0.3, 0.4) is 0 Å². The number of ether oxygens (including phenoxy) is 4. The Balaban J connectivity index is 1.71. The van der Waals surface area contributed by atoms with Gasteiger partial charge in [-0.2, -0.15) is 4.98 Å². The molecular formula is C23H25N5O5. The van der Waals surface area contributed by atoms with E-state index in [4.69, 9.17) is 42.5 Å². The Morgan fingerprint density at radius 2 is 1.85 bits per heavy atom. The van der Waals surface area contributed by atoms with Gasteiger partial charge in [0.15, 0.2) is 23.0 Å². The third kappa shape index (κ3) is 3.88. The lowest BCUT2D eigenvalue weighted by Gasteiger charge is -2.37. The highest BCUT2D eigenvalue weighted by Gasteiger charge is 2.33. The minimum atomic E-state index is -3.93. The Kier molecular flexibility index (Phi) is 2.79. The maximum absolute atomic E-state index is 13.9. The fourth-order valence-corrected chi connectivity index (χ4v) is 2.90. The third-order valence-electron chi connectivity index (χ3n) is 4.47. The molecule has 2 aliphatic heterocycles. The molecule has 5 rings (SSSR count). The number of methoxy groups -OCH3 is 2. The van der Waals surface area contributed by atoms with Crippen LogP contribution in [0.25, 0.3) is 10.9 Å². The van der Waals surface area contributed by atoms with Gasteiger partial charge in [-0.3, -0.25) is 4.79 Å². The summed E-state index contributed by atoms with van der Waals surface area (Å²) >= 11 is 0. The molecule has 1 atom stereocenters.